The lowest BCUT2D eigenvalue weighted by molar-refractivity contribution is -0.0632. The molecular formula is C29H35F4N3O2. The van der Waals surface area contributed by atoms with E-state index in [0.29, 0.717) is 17.1 Å². The molecule has 0 fully saturated rings. The van der Waals surface area contributed by atoms with Crippen molar-refractivity contribution in [2.75, 3.05) is 6.61 Å². The maximum absolute atomic E-state index is 15.5. The van der Waals surface area contributed by atoms with Gasteiger partial charge in [-0.2, -0.15) is 5.10 Å². The second-order valence-electron chi connectivity index (χ2n) is 9.41. The Balaban J connectivity index is 2.24. The molecule has 3 atom stereocenters. The quantitative estimate of drug-likeness (QED) is 0.133. The van der Waals surface area contributed by atoms with Gasteiger partial charge in [-0.3, -0.25) is 0 Å². The van der Waals surface area contributed by atoms with Gasteiger partial charge in [0, 0.05) is 29.7 Å². The molecule has 3 unspecified atom stereocenters. The third kappa shape index (κ3) is 6.64. The Morgan fingerprint density at radius 1 is 1.32 bits per heavy atom. The van der Waals surface area contributed by atoms with E-state index in [2.05, 4.69) is 24.8 Å². The Morgan fingerprint density at radius 2 is 1.97 bits per heavy atom. The van der Waals surface area contributed by atoms with Crippen LogP contribution in [0.2, 0.25) is 0 Å². The Bertz CT molecular complexity index is 1210. The minimum absolute atomic E-state index is 0.0252. The molecule has 2 rings (SSSR count). The van der Waals surface area contributed by atoms with E-state index in [9.17, 15) is 13.9 Å². The number of amidine groups is 1. The highest BCUT2D eigenvalue weighted by Crippen LogP contribution is 2.39. The molecule has 0 amide bonds. The first-order valence-corrected chi connectivity index (χ1v) is 12.1. The first kappa shape index (κ1) is 30.6. The van der Waals surface area contributed by atoms with Crippen molar-refractivity contribution in [1.29, 1.82) is 0 Å². The van der Waals surface area contributed by atoms with Gasteiger partial charge in [-0.25, -0.2) is 22.6 Å². The molecule has 3 N–H and O–H groups in total. The summed E-state index contributed by atoms with van der Waals surface area (Å²) in [4.78, 5) is 0. The minimum atomic E-state index is -2.45. The molecule has 206 valence electrons. The van der Waals surface area contributed by atoms with Crippen LogP contribution in [-0.2, 0) is 0 Å². The van der Waals surface area contributed by atoms with Crippen molar-refractivity contribution in [2.45, 2.75) is 51.8 Å². The molecule has 0 aromatic heterocycles. The summed E-state index contributed by atoms with van der Waals surface area (Å²) in [5.41, 5.74) is 1.64. The van der Waals surface area contributed by atoms with Gasteiger partial charge in [0.2, 0.25) is 0 Å². The monoisotopic (exact) mass is 533 g/mol. The van der Waals surface area contributed by atoms with E-state index in [1.807, 2.05) is 13.8 Å². The van der Waals surface area contributed by atoms with Crippen molar-refractivity contribution in [3.8, 4) is 5.75 Å². The standard InChI is InChI=1S/C29H35F4N3O2/c1-8-10-23(20(5)30)29(7,37)28(6,33)14-16-38-26-24(31)12-11-22(25(26)32)21-13-15-36(19(4)17-21)35-27(34)18(3)9-2/h8,10-13,15,17-18,37H,1,4-5,9,14,16H2,2-3,6-7H3,(H2,34,35)/b23-10+. The fraction of sp³-hybridized carbons (Fsp3) is 0.345. The Labute approximate surface area is 221 Å². The first-order chi connectivity index (χ1) is 17.7. The van der Waals surface area contributed by atoms with Crippen molar-refractivity contribution in [2.24, 2.45) is 16.8 Å². The molecule has 1 heterocycles. The normalized spacial score (nSPS) is 18.4. The summed E-state index contributed by atoms with van der Waals surface area (Å²) in [6, 6.07) is 2.27. The highest BCUT2D eigenvalue weighted by Gasteiger charge is 2.47. The lowest BCUT2D eigenvalue weighted by Crippen LogP contribution is -2.49. The zero-order chi connectivity index (χ0) is 28.8. The topological polar surface area (TPSA) is 71.1 Å². The van der Waals surface area contributed by atoms with Gasteiger partial charge in [-0.15, -0.1) is 0 Å². The van der Waals surface area contributed by atoms with Crippen LogP contribution >= 0.6 is 0 Å². The Morgan fingerprint density at radius 3 is 2.53 bits per heavy atom. The summed E-state index contributed by atoms with van der Waals surface area (Å²) in [6.45, 7) is 16.0. The summed E-state index contributed by atoms with van der Waals surface area (Å²) in [5, 5.41) is 16.5. The Hall–Kier alpha value is -3.59. The summed E-state index contributed by atoms with van der Waals surface area (Å²) in [5.74, 6) is -3.26. The SMILES string of the molecule is C=C/C=C(\C(=C)F)C(C)(O)C(C)(F)CCOc1c(F)ccc(C2=CC(=C)N(/N=C(/N)C(C)CC)C=C2)c1F. The number of hydrogen-bond donors (Lipinski definition) is 2. The maximum Gasteiger partial charge on any atom is 0.191 e. The van der Waals surface area contributed by atoms with E-state index in [0.717, 1.165) is 32.4 Å². The summed E-state index contributed by atoms with van der Waals surface area (Å²) in [6.07, 6.45) is 7.26. The minimum Gasteiger partial charge on any atom is -0.487 e. The molecule has 1 aromatic carbocycles. The van der Waals surface area contributed by atoms with Gasteiger partial charge < -0.3 is 15.6 Å². The number of halogens is 4. The number of benzene rings is 1. The first-order valence-electron chi connectivity index (χ1n) is 12.1. The lowest BCUT2D eigenvalue weighted by Gasteiger charge is -2.37. The summed E-state index contributed by atoms with van der Waals surface area (Å²) in [7, 11) is 0. The number of hydrogen-bond acceptors (Lipinski definition) is 4. The van der Waals surface area contributed by atoms with Crippen LogP contribution in [0.1, 0.15) is 46.1 Å². The van der Waals surface area contributed by atoms with Gasteiger partial charge in [-0.1, -0.05) is 45.7 Å². The van der Waals surface area contributed by atoms with Crippen LogP contribution in [0.25, 0.3) is 5.57 Å². The van der Waals surface area contributed by atoms with Gasteiger partial charge in [0.15, 0.2) is 17.4 Å². The number of hydrazone groups is 1. The fourth-order valence-corrected chi connectivity index (χ4v) is 3.63. The van der Waals surface area contributed by atoms with Gasteiger partial charge in [0.05, 0.1) is 12.3 Å². The van der Waals surface area contributed by atoms with Crippen molar-refractivity contribution >= 4 is 11.4 Å². The van der Waals surface area contributed by atoms with Crippen LogP contribution in [-0.4, -0.2) is 33.8 Å². The third-order valence-corrected chi connectivity index (χ3v) is 6.65. The van der Waals surface area contributed by atoms with Crippen molar-refractivity contribution in [3.63, 3.8) is 0 Å². The second-order valence-corrected chi connectivity index (χ2v) is 9.41. The number of alkyl halides is 1. The van der Waals surface area contributed by atoms with Crippen LogP contribution in [0.4, 0.5) is 17.6 Å². The summed E-state index contributed by atoms with van der Waals surface area (Å²) >= 11 is 0. The summed E-state index contributed by atoms with van der Waals surface area (Å²) < 4.78 is 64.4. The predicted octanol–water partition coefficient (Wildman–Crippen LogP) is 6.85. The van der Waals surface area contributed by atoms with Crippen LogP contribution in [0, 0.1) is 17.6 Å². The predicted molar refractivity (Wildman–Crippen MR) is 144 cm³/mol. The van der Waals surface area contributed by atoms with Crippen LogP contribution in [0.15, 0.2) is 84.6 Å². The average Bonchev–Trinajstić information content (AvgIpc) is 2.84. The van der Waals surface area contributed by atoms with Crippen LogP contribution in [0.5, 0.6) is 5.75 Å². The molecular weight excluding hydrogens is 498 g/mol. The van der Waals surface area contributed by atoms with E-state index in [4.69, 9.17) is 10.5 Å². The Kier molecular flexibility index (Phi) is 9.92. The molecule has 0 bridgehead atoms. The molecule has 0 aliphatic carbocycles. The van der Waals surface area contributed by atoms with E-state index in [1.165, 1.54) is 17.2 Å². The third-order valence-electron chi connectivity index (χ3n) is 6.65. The van der Waals surface area contributed by atoms with Crippen molar-refractivity contribution < 1.29 is 27.4 Å². The van der Waals surface area contributed by atoms with Crippen molar-refractivity contribution in [1.82, 2.24) is 5.01 Å². The lowest BCUT2D eigenvalue weighted by atomic mass is 9.78. The van der Waals surface area contributed by atoms with E-state index < -0.39 is 53.1 Å². The molecule has 1 aliphatic rings. The number of rotatable bonds is 12. The molecule has 38 heavy (non-hydrogen) atoms. The molecule has 0 saturated carbocycles. The molecule has 1 aromatic rings. The molecule has 5 nitrogen and oxygen atoms in total. The highest BCUT2D eigenvalue weighted by atomic mass is 19.1. The van der Waals surface area contributed by atoms with Gasteiger partial charge in [0.1, 0.15) is 22.9 Å². The highest BCUT2D eigenvalue weighted by molar-refractivity contribution is 5.83. The number of nitrogens with zero attached hydrogens (tertiary/aromatic N) is 2. The van der Waals surface area contributed by atoms with E-state index in [1.54, 1.807) is 18.4 Å². The van der Waals surface area contributed by atoms with Crippen LogP contribution < -0.4 is 10.5 Å². The molecule has 1 aliphatic heterocycles. The smallest absolute Gasteiger partial charge is 0.191 e. The number of nitrogens with two attached hydrogens (primary N) is 1. The zero-order valence-corrected chi connectivity index (χ0v) is 22.2. The van der Waals surface area contributed by atoms with Crippen molar-refractivity contribution in [3.05, 3.63) is 96.7 Å². The maximum atomic E-state index is 15.5. The zero-order valence-electron chi connectivity index (χ0n) is 22.2. The van der Waals surface area contributed by atoms with E-state index in [-0.39, 0.29) is 11.5 Å². The van der Waals surface area contributed by atoms with Crippen LogP contribution in [0.3, 0.4) is 0 Å². The average molecular weight is 534 g/mol. The molecule has 0 radical (unpaired) electrons. The van der Waals surface area contributed by atoms with Gasteiger partial charge in [-0.05, 0) is 50.1 Å². The van der Waals surface area contributed by atoms with Gasteiger partial charge >= 0.3 is 0 Å². The number of allylic oxidation sites excluding steroid dienone is 5. The largest absolute Gasteiger partial charge is 0.487 e. The number of ether oxygens (including phenoxy) is 1. The molecule has 9 heteroatoms. The second kappa shape index (κ2) is 12.3. The molecule has 0 saturated heterocycles. The fourth-order valence-electron chi connectivity index (χ4n) is 3.63. The molecule has 0 spiro atoms. The van der Waals surface area contributed by atoms with Gasteiger partial charge in [0.25, 0.3) is 0 Å². The van der Waals surface area contributed by atoms with E-state index >= 15 is 8.78 Å². The number of aliphatic hydroxyl groups is 1.